The van der Waals surface area contributed by atoms with Gasteiger partial charge in [0.15, 0.2) is 9.84 Å². The lowest BCUT2D eigenvalue weighted by Gasteiger charge is -2.17. The Morgan fingerprint density at radius 3 is 2.34 bits per heavy atom. The summed E-state index contributed by atoms with van der Waals surface area (Å²) >= 11 is 5.94. The first-order valence-electron chi connectivity index (χ1n) is 9.79. The van der Waals surface area contributed by atoms with Crippen LogP contribution >= 0.6 is 11.6 Å². The fourth-order valence-corrected chi connectivity index (χ4v) is 5.30. The number of methoxy groups -OCH3 is 1. The Balaban J connectivity index is 2.07. The Kier molecular flexibility index (Phi) is 6.67. The van der Waals surface area contributed by atoms with Gasteiger partial charge in [-0.1, -0.05) is 23.7 Å². The predicted molar refractivity (Wildman–Crippen MR) is 123 cm³/mol. The number of benzene rings is 2. The minimum Gasteiger partial charge on any atom is -0.496 e. The number of rotatable bonds is 7. The zero-order valence-corrected chi connectivity index (χ0v) is 20.4. The Morgan fingerprint density at radius 2 is 1.78 bits per heavy atom. The molecule has 170 valence electrons. The van der Waals surface area contributed by atoms with Crippen LogP contribution in [0.5, 0.6) is 11.6 Å². The van der Waals surface area contributed by atoms with Gasteiger partial charge in [0, 0.05) is 23.9 Å². The maximum absolute atomic E-state index is 13.6. The number of hydrogen-bond donors (Lipinski definition) is 0. The molecule has 0 unspecified atom stereocenters. The van der Waals surface area contributed by atoms with Crippen LogP contribution in [0.2, 0.25) is 5.02 Å². The number of carbonyl (C=O) groups excluding carboxylic acids is 1. The van der Waals surface area contributed by atoms with Gasteiger partial charge in [-0.2, -0.15) is 5.10 Å². The largest absolute Gasteiger partial charge is 0.496 e. The normalized spacial score (nSPS) is 11.5. The molecular formula is C23H25ClN2O5S. The van der Waals surface area contributed by atoms with Crippen molar-refractivity contribution in [3.63, 3.8) is 0 Å². The van der Waals surface area contributed by atoms with E-state index in [1.807, 2.05) is 12.1 Å². The molecule has 0 aliphatic carbocycles. The maximum atomic E-state index is 13.6. The summed E-state index contributed by atoms with van der Waals surface area (Å²) in [5.41, 5.74) is 2.79. The molecule has 0 amide bonds. The molecule has 2 aromatic carbocycles. The number of halogens is 1. The summed E-state index contributed by atoms with van der Waals surface area (Å²) in [5.74, 6) is 0.171. The Morgan fingerprint density at radius 1 is 1.16 bits per heavy atom. The summed E-state index contributed by atoms with van der Waals surface area (Å²) in [4.78, 5) is 13.8. The molecule has 0 spiro atoms. The third kappa shape index (κ3) is 4.52. The first-order valence-corrected chi connectivity index (χ1v) is 12.1. The van der Waals surface area contributed by atoms with Crippen molar-refractivity contribution in [3.05, 3.63) is 68.9 Å². The van der Waals surface area contributed by atoms with Crippen molar-refractivity contribution in [1.29, 1.82) is 0 Å². The van der Waals surface area contributed by atoms with Gasteiger partial charge in [-0.05, 0) is 50.1 Å². The Labute approximate surface area is 192 Å². The standard InChI is InChI=1S/C23H25ClN2O5S/c1-13-11-18(21(30-5)14(2)22(13)32(6,28)29)20(27)19-15(3)25-26(4)23(19)31-12-16-7-9-17(24)10-8-16/h7-11H,12H2,1-6H3. The summed E-state index contributed by atoms with van der Waals surface area (Å²) < 4.78 is 37.5. The highest BCUT2D eigenvalue weighted by Gasteiger charge is 2.29. The van der Waals surface area contributed by atoms with E-state index in [4.69, 9.17) is 21.1 Å². The topological polar surface area (TPSA) is 87.5 Å². The maximum Gasteiger partial charge on any atom is 0.223 e. The van der Waals surface area contributed by atoms with Crippen LogP contribution < -0.4 is 9.47 Å². The number of aryl methyl sites for hydroxylation is 3. The summed E-state index contributed by atoms with van der Waals surface area (Å²) in [6.07, 6.45) is 1.14. The quantitative estimate of drug-likeness (QED) is 0.474. The molecule has 7 nitrogen and oxygen atoms in total. The van der Waals surface area contributed by atoms with Crippen LogP contribution in [-0.2, 0) is 23.5 Å². The van der Waals surface area contributed by atoms with Gasteiger partial charge in [0.05, 0.1) is 23.3 Å². The van der Waals surface area contributed by atoms with E-state index < -0.39 is 9.84 Å². The van der Waals surface area contributed by atoms with Crippen LogP contribution in [0.3, 0.4) is 0 Å². The zero-order chi connectivity index (χ0) is 23.8. The Bertz CT molecular complexity index is 1300. The van der Waals surface area contributed by atoms with Crippen molar-refractivity contribution in [3.8, 4) is 11.6 Å². The van der Waals surface area contributed by atoms with Crippen LogP contribution in [-0.4, -0.2) is 37.3 Å². The van der Waals surface area contributed by atoms with Crippen LogP contribution in [0.25, 0.3) is 0 Å². The van der Waals surface area contributed by atoms with E-state index in [1.54, 1.807) is 46.0 Å². The monoisotopic (exact) mass is 476 g/mol. The molecule has 0 saturated carbocycles. The average molecular weight is 477 g/mol. The minimum atomic E-state index is -3.50. The fourth-order valence-electron chi connectivity index (χ4n) is 3.88. The lowest BCUT2D eigenvalue weighted by atomic mass is 9.97. The van der Waals surface area contributed by atoms with Crippen LogP contribution in [0.4, 0.5) is 0 Å². The molecule has 3 aromatic rings. The summed E-state index contributed by atoms with van der Waals surface area (Å²) in [6.45, 7) is 5.23. The van der Waals surface area contributed by atoms with E-state index >= 15 is 0 Å². The smallest absolute Gasteiger partial charge is 0.223 e. The van der Waals surface area contributed by atoms with E-state index in [0.717, 1.165) is 11.8 Å². The van der Waals surface area contributed by atoms with Gasteiger partial charge in [-0.15, -0.1) is 0 Å². The average Bonchev–Trinajstić information content (AvgIpc) is 2.98. The number of carbonyl (C=O) groups is 1. The van der Waals surface area contributed by atoms with Crippen molar-refractivity contribution in [2.45, 2.75) is 32.3 Å². The van der Waals surface area contributed by atoms with Gasteiger partial charge in [0.1, 0.15) is 17.9 Å². The van der Waals surface area contributed by atoms with Crippen molar-refractivity contribution in [2.24, 2.45) is 7.05 Å². The Hall–Kier alpha value is -2.84. The number of ketones is 1. The number of sulfone groups is 1. The van der Waals surface area contributed by atoms with Crippen LogP contribution in [0.1, 0.15) is 38.3 Å². The molecule has 3 rings (SSSR count). The number of nitrogens with zero attached hydrogens (tertiary/aromatic N) is 2. The second-order valence-corrected chi connectivity index (χ2v) is 10.0. The van der Waals surface area contributed by atoms with Gasteiger partial charge < -0.3 is 9.47 Å². The molecular weight excluding hydrogens is 452 g/mol. The molecule has 0 radical (unpaired) electrons. The molecule has 0 N–H and O–H groups in total. The molecule has 1 heterocycles. The van der Waals surface area contributed by atoms with Crippen molar-refractivity contribution < 1.29 is 22.7 Å². The van der Waals surface area contributed by atoms with Gasteiger partial charge in [0.25, 0.3) is 0 Å². The van der Waals surface area contributed by atoms with Crippen LogP contribution in [0, 0.1) is 20.8 Å². The highest BCUT2D eigenvalue weighted by molar-refractivity contribution is 7.90. The van der Waals surface area contributed by atoms with Gasteiger partial charge in [-0.3, -0.25) is 4.79 Å². The third-order valence-corrected chi connectivity index (χ3v) is 6.77. The van der Waals surface area contributed by atoms with Gasteiger partial charge >= 0.3 is 0 Å². The molecule has 0 atom stereocenters. The lowest BCUT2D eigenvalue weighted by Crippen LogP contribution is -2.12. The van der Waals surface area contributed by atoms with E-state index in [-0.39, 0.29) is 28.6 Å². The van der Waals surface area contributed by atoms with Gasteiger partial charge in [-0.25, -0.2) is 13.1 Å². The first kappa shape index (κ1) is 23.8. The predicted octanol–water partition coefficient (Wildman–Crippen LogP) is 4.22. The minimum absolute atomic E-state index is 0.160. The van der Waals surface area contributed by atoms with Crippen molar-refractivity contribution in [2.75, 3.05) is 13.4 Å². The molecule has 9 heteroatoms. The lowest BCUT2D eigenvalue weighted by molar-refractivity contribution is 0.103. The van der Waals surface area contributed by atoms with E-state index in [9.17, 15) is 13.2 Å². The van der Waals surface area contributed by atoms with Crippen molar-refractivity contribution >= 4 is 27.2 Å². The molecule has 32 heavy (non-hydrogen) atoms. The molecule has 0 bridgehead atoms. The molecule has 0 saturated heterocycles. The van der Waals surface area contributed by atoms with Gasteiger partial charge in [0.2, 0.25) is 11.7 Å². The highest BCUT2D eigenvalue weighted by Crippen LogP contribution is 2.36. The summed E-state index contributed by atoms with van der Waals surface area (Å²) in [5, 5.41) is 4.98. The second-order valence-electron chi connectivity index (χ2n) is 7.63. The highest BCUT2D eigenvalue weighted by atomic mass is 35.5. The SMILES string of the molecule is COc1c(C(=O)c2c(C)nn(C)c2OCc2ccc(Cl)cc2)cc(C)c(S(C)(=O)=O)c1C. The molecule has 0 aliphatic heterocycles. The zero-order valence-electron chi connectivity index (χ0n) is 18.8. The number of hydrogen-bond acceptors (Lipinski definition) is 6. The number of ether oxygens (including phenoxy) is 2. The van der Waals surface area contributed by atoms with Crippen molar-refractivity contribution in [1.82, 2.24) is 9.78 Å². The second kappa shape index (κ2) is 8.96. The van der Waals surface area contributed by atoms with Crippen LogP contribution in [0.15, 0.2) is 35.2 Å². The van der Waals surface area contributed by atoms with E-state index in [1.165, 1.54) is 11.8 Å². The third-order valence-electron chi connectivity index (χ3n) is 5.15. The summed E-state index contributed by atoms with van der Waals surface area (Å²) in [7, 11) is -0.393. The van der Waals surface area contributed by atoms with E-state index in [0.29, 0.717) is 33.3 Å². The molecule has 0 fully saturated rings. The molecule has 0 aliphatic rings. The summed E-state index contributed by atoms with van der Waals surface area (Å²) in [6, 6.07) is 8.75. The fraction of sp³-hybridized carbons (Fsp3) is 0.304. The van der Waals surface area contributed by atoms with E-state index in [2.05, 4.69) is 5.10 Å². The number of aromatic nitrogens is 2. The first-order chi connectivity index (χ1) is 15.0. The molecule has 1 aromatic heterocycles.